The zero-order chi connectivity index (χ0) is 18.8. The molecular weight excluding hydrogens is 330 g/mol. The fourth-order valence-corrected chi connectivity index (χ4v) is 3.50. The number of benzene rings is 1. The summed E-state index contributed by atoms with van der Waals surface area (Å²) in [4.78, 5) is 26.0. The third-order valence-electron chi connectivity index (χ3n) is 4.92. The molecule has 6 nitrogen and oxygen atoms in total. The molecule has 1 aliphatic rings. The number of rotatable bonds is 4. The van der Waals surface area contributed by atoms with Crippen molar-refractivity contribution in [3.63, 3.8) is 0 Å². The molecule has 1 amide bonds. The molecule has 1 saturated heterocycles. The summed E-state index contributed by atoms with van der Waals surface area (Å²) < 4.78 is 1.82. The number of hydrogen-bond acceptors (Lipinski definition) is 3. The van der Waals surface area contributed by atoms with Gasteiger partial charge in [-0.1, -0.05) is 31.5 Å². The fourth-order valence-electron chi connectivity index (χ4n) is 3.50. The smallest absolute Gasteiger partial charge is 0.308 e. The summed E-state index contributed by atoms with van der Waals surface area (Å²) in [6.07, 6.45) is 2.95. The van der Waals surface area contributed by atoms with E-state index in [0.717, 1.165) is 16.9 Å². The summed E-state index contributed by atoms with van der Waals surface area (Å²) in [7, 11) is 0. The van der Waals surface area contributed by atoms with E-state index in [1.54, 1.807) is 11.1 Å². The molecule has 26 heavy (non-hydrogen) atoms. The highest BCUT2D eigenvalue weighted by Gasteiger charge is 2.31. The van der Waals surface area contributed by atoms with E-state index in [1.165, 1.54) is 0 Å². The maximum atomic E-state index is 13.1. The largest absolute Gasteiger partial charge is 0.481 e. The highest BCUT2D eigenvalue weighted by atomic mass is 16.4. The molecule has 0 aliphatic carbocycles. The number of nitrogens with zero attached hydrogens (tertiary/aromatic N) is 3. The number of aliphatic carboxylic acids is 1. The van der Waals surface area contributed by atoms with Gasteiger partial charge in [-0.15, -0.1) is 0 Å². The summed E-state index contributed by atoms with van der Waals surface area (Å²) in [5.74, 6) is -1.33. The lowest BCUT2D eigenvalue weighted by Crippen LogP contribution is -2.42. The SMILES string of the molecule is Cc1ccc(-n2ncc(C(=O)N3CCCC(C(=O)O)C3)c2C(C)C)cc1. The molecule has 2 aromatic rings. The van der Waals surface area contributed by atoms with E-state index < -0.39 is 11.9 Å². The Kier molecular flexibility index (Phi) is 5.11. The minimum atomic E-state index is -0.832. The molecule has 1 atom stereocenters. The van der Waals surface area contributed by atoms with Crippen LogP contribution < -0.4 is 0 Å². The van der Waals surface area contributed by atoms with Gasteiger partial charge in [-0.05, 0) is 37.8 Å². The van der Waals surface area contributed by atoms with Crippen molar-refractivity contribution in [2.24, 2.45) is 5.92 Å². The summed E-state index contributed by atoms with van der Waals surface area (Å²) in [6, 6.07) is 8.02. The normalized spacial score (nSPS) is 17.5. The zero-order valence-corrected chi connectivity index (χ0v) is 15.5. The number of amides is 1. The van der Waals surface area contributed by atoms with Crippen molar-refractivity contribution >= 4 is 11.9 Å². The number of carboxylic acids is 1. The first kappa shape index (κ1) is 18.2. The number of aryl methyl sites for hydroxylation is 1. The van der Waals surface area contributed by atoms with Crippen molar-refractivity contribution in [1.82, 2.24) is 14.7 Å². The lowest BCUT2D eigenvalue weighted by Gasteiger charge is -2.31. The summed E-state index contributed by atoms with van der Waals surface area (Å²) in [5, 5.41) is 13.7. The lowest BCUT2D eigenvalue weighted by atomic mass is 9.97. The van der Waals surface area contributed by atoms with E-state index in [0.29, 0.717) is 24.9 Å². The second-order valence-corrected chi connectivity index (χ2v) is 7.27. The van der Waals surface area contributed by atoms with Crippen molar-refractivity contribution in [1.29, 1.82) is 0 Å². The maximum absolute atomic E-state index is 13.1. The number of carboxylic acid groups (broad SMARTS) is 1. The van der Waals surface area contributed by atoms with Crippen LogP contribution in [0.5, 0.6) is 0 Å². The molecule has 0 spiro atoms. The van der Waals surface area contributed by atoms with Crippen LogP contribution in [-0.2, 0) is 4.79 Å². The second kappa shape index (κ2) is 7.32. The predicted octanol–water partition coefficient (Wildman–Crippen LogP) is 3.24. The number of aromatic nitrogens is 2. The Hall–Kier alpha value is -2.63. The van der Waals surface area contributed by atoms with E-state index in [2.05, 4.69) is 5.10 Å². The highest BCUT2D eigenvalue weighted by Crippen LogP contribution is 2.26. The Morgan fingerprint density at radius 2 is 1.92 bits per heavy atom. The van der Waals surface area contributed by atoms with E-state index in [9.17, 15) is 14.7 Å². The van der Waals surface area contributed by atoms with Crippen LogP contribution in [-0.4, -0.2) is 44.8 Å². The van der Waals surface area contributed by atoms with E-state index in [-0.39, 0.29) is 18.4 Å². The van der Waals surface area contributed by atoms with Crippen molar-refractivity contribution in [3.8, 4) is 5.69 Å². The fraction of sp³-hybridized carbons (Fsp3) is 0.450. The molecule has 1 fully saturated rings. The molecule has 0 radical (unpaired) electrons. The molecule has 0 bridgehead atoms. The topological polar surface area (TPSA) is 75.4 Å². The summed E-state index contributed by atoms with van der Waals surface area (Å²) in [5.41, 5.74) is 3.50. The molecular formula is C20H25N3O3. The Morgan fingerprint density at radius 1 is 1.23 bits per heavy atom. The Bertz CT molecular complexity index is 808. The third-order valence-corrected chi connectivity index (χ3v) is 4.92. The Labute approximate surface area is 153 Å². The van der Waals surface area contributed by atoms with Crippen LogP contribution in [0.1, 0.15) is 54.2 Å². The highest BCUT2D eigenvalue weighted by molar-refractivity contribution is 5.95. The molecule has 1 N–H and O–H groups in total. The number of hydrogen-bond donors (Lipinski definition) is 1. The summed E-state index contributed by atoms with van der Waals surface area (Å²) in [6.45, 7) is 6.96. The van der Waals surface area contributed by atoms with Gasteiger partial charge in [-0.25, -0.2) is 4.68 Å². The number of likely N-dealkylation sites (tertiary alicyclic amines) is 1. The van der Waals surface area contributed by atoms with Gasteiger partial charge in [0, 0.05) is 13.1 Å². The van der Waals surface area contributed by atoms with Gasteiger partial charge in [0.15, 0.2) is 0 Å². The van der Waals surface area contributed by atoms with Crippen LogP contribution in [0.3, 0.4) is 0 Å². The molecule has 1 aliphatic heterocycles. The van der Waals surface area contributed by atoms with Crippen LogP contribution in [0.25, 0.3) is 5.69 Å². The summed E-state index contributed by atoms with van der Waals surface area (Å²) >= 11 is 0. The molecule has 3 rings (SSSR count). The minimum Gasteiger partial charge on any atom is -0.481 e. The van der Waals surface area contributed by atoms with E-state index >= 15 is 0 Å². The molecule has 138 valence electrons. The van der Waals surface area contributed by atoms with Crippen molar-refractivity contribution < 1.29 is 14.7 Å². The van der Waals surface area contributed by atoms with Gasteiger partial charge in [-0.3, -0.25) is 9.59 Å². The van der Waals surface area contributed by atoms with Crippen molar-refractivity contribution in [3.05, 3.63) is 47.3 Å². The standard InChI is InChI=1S/C20H25N3O3/c1-13(2)18-17(11-21-23(18)16-8-6-14(3)7-9-16)19(24)22-10-4-5-15(12-22)20(25)26/h6-9,11,13,15H,4-5,10,12H2,1-3H3,(H,25,26). The number of piperidine rings is 1. The van der Waals surface area contributed by atoms with Crippen LogP contribution in [0.4, 0.5) is 0 Å². The maximum Gasteiger partial charge on any atom is 0.308 e. The van der Waals surface area contributed by atoms with Crippen LogP contribution in [0.15, 0.2) is 30.5 Å². The minimum absolute atomic E-state index is 0.109. The van der Waals surface area contributed by atoms with Crippen LogP contribution in [0.2, 0.25) is 0 Å². The van der Waals surface area contributed by atoms with Crippen LogP contribution >= 0.6 is 0 Å². The van der Waals surface area contributed by atoms with Gasteiger partial charge < -0.3 is 10.0 Å². The predicted molar refractivity (Wildman–Crippen MR) is 98.7 cm³/mol. The van der Waals surface area contributed by atoms with Crippen molar-refractivity contribution in [2.75, 3.05) is 13.1 Å². The molecule has 2 heterocycles. The average molecular weight is 355 g/mol. The van der Waals surface area contributed by atoms with Gasteiger partial charge in [0.2, 0.25) is 0 Å². The first-order valence-corrected chi connectivity index (χ1v) is 9.05. The van der Waals surface area contributed by atoms with Crippen molar-refractivity contribution in [2.45, 2.75) is 39.5 Å². The zero-order valence-electron chi connectivity index (χ0n) is 15.5. The number of carbonyl (C=O) groups excluding carboxylic acids is 1. The monoisotopic (exact) mass is 355 g/mol. The van der Waals surface area contributed by atoms with Gasteiger partial charge in [-0.2, -0.15) is 5.10 Å². The molecule has 1 aromatic carbocycles. The third kappa shape index (κ3) is 3.49. The molecule has 0 saturated carbocycles. The quantitative estimate of drug-likeness (QED) is 0.913. The second-order valence-electron chi connectivity index (χ2n) is 7.27. The van der Waals surface area contributed by atoms with E-state index in [4.69, 9.17) is 0 Å². The molecule has 1 unspecified atom stereocenters. The van der Waals surface area contributed by atoms with Gasteiger partial charge in [0.1, 0.15) is 0 Å². The Morgan fingerprint density at radius 3 is 2.54 bits per heavy atom. The Balaban J connectivity index is 1.93. The molecule has 6 heteroatoms. The van der Waals surface area contributed by atoms with Gasteiger partial charge in [0.25, 0.3) is 5.91 Å². The van der Waals surface area contributed by atoms with Crippen LogP contribution in [0, 0.1) is 12.8 Å². The molecule has 1 aromatic heterocycles. The number of carbonyl (C=O) groups is 2. The lowest BCUT2D eigenvalue weighted by molar-refractivity contribution is -0.143. The average Bonchev–Trinajstić information content (AvgIpc) is 3.07. The van der Waals surface area contributed by atoms with Gasteiger partial charge >= 0.3 is 5.97 Å². The first-order valence-electron chi connectivity index (χ1n) is 9.05. The first-order chi connectivity index (χ1) is 12.4. The van der Waals surface area contributed by atoms with E-state index in [1.807, 2.05) is 49.7 Å². The van der Waals surface area contributed by atoms with Gasteiger partial charge in [0.05, 0.1) is 29.1 Å².